The van der Waals surface area contributed by atoms with Crippen LogP contribution < -0.4 is 5.32 Å². The van der Waals surface area contributed by atoms with Crippen molar-refractivity contribution in [3.8, 4) is 17.1 Å². The summed E-state index contributed by atoms with van der Waals surface area (Å²) in [7, 11) is 0. The van der Waals surface area contributed by atoms with E-state index in [1.807, 2.05) is 35.2 Å². The number of anilines is 1. The third kappa shape index (κ3) is 2.51. The molecule has 0 spiro atoms. The van der Waals surface area contributed by atoms with Gasteiger partial charge in [0.2, 0.25) is 5.91 Å². The van der Waals surface area contributed by atoms with Crippen molar-refractivity contribution in [2.24, 2.45) is 0 Å². The van der Waals surface area contributed by atoms with Gasteiger partial charge in [0, 0.05) is 30.2 Å². The number of nitrogens with zero attached hydrogens (tertiary/aromatic N) is 5. The number of imidazole rings is 1. The van der Waals surface area contributed by atoms with Crippen molar-refractivity contribution in [2.75, 3.05) is 5.32 Å². The molecule has 5 rings (SSSR count). The second kappa shape index (κ2) is 6.02. The number of rotatable bonds is 2. The van der Waals surface area contributed by atoms with Gasteiger partial charge in [0.1, 0.15) is 5.82 Å². The maximum atomic E-state index is 12.0. The van der Waals surface area contributed by atoms with E-state index in [4.69, 9.17) is 0 Å². The second-order valence-corrected chi connectivity index (χ2v) is 7.32. The van der Waals surface area contributed by atoms with E-state index in [9.17, 15) is 4.79 Å². The molecule has 140 valence electrons. The molecule has 0 radical (unpaired) electrons. The molecule has 4 aromatic rings. The number of nitrogens with one attached hydrogen (secondary N) is 1. The summed E-state index contributed by atoms with van der Waals surface area (Å²) in [6.45, 7) is 6.06. The molecule has 4 heterocycles. The number of amides is 1. The summed E-state index contributed by atoms with van der Waals surface area (Å²) < 4.78 is 3.84. The van der Waals surface area contributed by atoms with Crippen molar-refractivity contribution in [1.82, 2.24) is 24.1 Å². The van der Waals surface area contributed by atoms with Gasteiger partial charge in [-0.15, -0.1) is 0 Å². The van der Waals surface area contributed by atoms with Crippen molar-refractivity contribution >= 4 is 17.2 Å². The third-order valence-electron chi connectivity index (χ3n) is 5.15. The Hall–Kier alpha value is -3.48. The summed E-state index contributed by atoms with van der Waals surface area (Å²) >= 11 is 0. The minimum absolute atomic E-state index is 0.0446. The quantitative estimate of drug-likeness (QED) is 0.585. The zero-order valence-electron chi connectivity index (χ0n) is 16.0. The Morgan fingerprint density at radius 1 is 1.11 bits per heavy atom. The fourth-order valence-corrected chi connectivity index (χ4v) is 3.95. The summed E-state index contributed by atoms with van der Waals surface area (Å²) in [5.74, 6) is 0.795. The Kier molecular flexibility index (Phi) is 3.58. The molecule has 0 saturated carbocycles. The van der Waals surface area contributed by atoms with Gasteiger partial charge in [-0.3, -0.25) is 9.36 Å². The van der Waals surface area contributed by atoms with Crippen LogP contribution in [0, 0.1) is 20.8 Å². The first-order valence-electron chi connectivity index (χ1n) is 9.31. The normalized spacial score (nSPS) is 13.6. The number of benzene rings is 1. The fourth-order valence-electron chi connectivity index (χ4n) is 3.95. The van der Waals surface area contributed by atoms with Crippen LogP contribution in [-0.4, -0.2) is 30.1 Å². The topological polar surface area (TPSA) is 77.1 Å². The highest BCUT2D eigenvalue weighted by molar-refractivity contribution is 5.96. The predicted molar refractivity (Wildman–Crippen MR) is 107 cm³/mol. The minimum atomic E-state index is 0.0446. The van der Waals surface area contributed by atoms with Gasteiger partial charge in [-0.25, -0.2) is 14.5 Å². The highest BCUT2D eigenvalue weighted by Crippen LogP contribution is 2.34. The first kappa shape index (κ1) is 16.7. The van der Waals surface area contributed by atoms with Crippen LogP contribution in [0.15, 0.2) is 36.8 Å². The lowest BCUT2D eigenvalue weighted by atomic mass is 9.99. The van der Waals surface area contributed by atoms with Crippen molar-refractivity contribution in [3.63, 3.8) is 0 Å². The lowest BCUT2D eigenvalue weighted by Gasteiger charge is -2.22. The van der Waals surface area contributed by atoms with E-state index in [1.54, 1.807) is 12.4 Å². The van der Waals surface area contributed by atoms with Crippen molar-refractivity contribution < 1.29 is 4.79 Å². The smallest absolute Gasteiger partial charge is 0.224 e. The lowest BCUT2D eigenvalue weighted by Crippen LogP contribution is -2.21. The van der Waals surface area contributed by atoms with Gasteiger partial charge in [0.25, 0.3) is 0 Å². The van der Waals surface area contributed by atoms with Crippen molar-refractivity contribution in [2.45, 2.75) is 33.6 Å². The van der Waals surface area contributed by atoms with Gasteiger partial charge in [-0.2, -0.15) is 5.10 Å². The molecule has 1 N–H and O–H groups in total. The molecule has 7 nitrogen and oxygen atoms in total. The Morgan fingerprint density at radius 2 is 1.96 bits per heavy atom. The van der Waals surface area contributed by atoms with Crippen LogP contribution in [0.4, 0.5) is 5.69 Å². The monoisotopic (exact) mass is 372 g/mol. The van der Waals surface area contributed by atoms with Crippen molar-refractivity contribution in [3.05, 3.63) is 59.3 Å². The number of hydrogen-bond acceptors (Lipinski definition) is 4. The first-order valence-corrected chi connectivity index (χ1v) is 9.31. The molecule has 0 atom stereocenters. The average Bonchev–Trinajstić information content (AvgIpc) is 3.28. The maximum Gasteiger partial charge on any atom is 0.224 e. The Balaban J connectivity index is 1.74. The predicted octanol–water partition coefficient (Wildman–Crippen LogP) is 3.39. The summed E-state index contributed by atoms with van der Waals surface area (Å²) in [5.41, 5.74) is 7.66. The molecule has 1 amide bonds. The van der Waals surface area contributed by atoms with Crippen LogP contribution in [0.1, 0.15) is 28.9 Å². The summed E-state index contributed by atoms with van der Waals surface area (Å²) in [4.78, 5) is 21.3. The largest absolute Gasteiger partial charge is 0.324 e. The molecular formula is C21H20N6O. The van der Waals surface area contributed by atoms with Crippen LogP contribution in [0.5, 0.6) is 0 Å². The van der Waals surface area contributed by atoms with E-state index in [-0.39, 0.29) is 5.91 Å². The Bertz CT molecular complexity index is 1250. The molecule has 1 aliphatic rings. The zero-order chi connectivity index (χ0) is 19.4. The minimum Gasteiger partial charge on any atom is -0.324 e. The average molecular weight is 372 g/mol. The SMILES string of the molecule is Cc1cc2c(c(-n3ccnc3-c3cnn4c(C)cc(C)nc34)c1)NC(=O)CC2. The fraction of sp³-hybridized carbons (Fsp3) is 0.238. The summed E-state index contributed by atoms with van der Waals surface area (Å²) in [6.07, 6.45) is 6.74. The van der Waals surface area contributed by atoms with Gasteiger partial charge >= 0.3 is 0 Å². The van der Waals surface area contributed by atoms with Gasteiger partial charge in [-0.1, -0.05) is 6.07 Å². The molecule has 7 heteroatoms. The first-order chi connectivity index (χ1) is 13.5. The summed E-state index contributed by atoms with van der Waals surface area (Å²) in [5, 5.41) is 7.55. The molecule has 1 aliphatic heterocycles. The van der Waals surface area contributed by atoms with Gasteiger partial charge in [0.05, 0.1) is 23.1 Å². The van der Waals surface area contributed by atoms with E-state index < -0.39 is 0 Å². The van der Waals surface area contributed by atoms with Gasteiger partial charge < -0.3 is 5.32 Å². The van der Waals surface area contributed by atoms with E-state index in [0.717, 1.165) is 57.3 Å². The molecular weight excluding hydrogens is 352 g/mol. The molecule has 28 heavy (non-hydrogen) atoms. The highest BCUT2D eigenvalue weighted by atomic mass is 16.1. The number of fused-ring (bicyclic) bond motifs is 2. The van der Waals surface area contributed by atoms with Gasteiger partial charge in [-0.05, 0) is 50.5 Å². The Labute approximate surface area is 162 Å². The highest BCUT2D eigenvalue weighted by Gasteiger charge is 2.22. The van der Waals surface area contributed by atoms with Crippen LogP contribution in [0.25, 0.3) is 22.7 Å². The molecule has 0 aliphatic carbocycles. The van der Waals surface area contributed by atoms with E-state index in [1.165, 1.54) is 0 Å². The number of aryl methyl sites for hydroxylation is 4. The third-order valence-corrected chi connectivity index (χ3v) is 5.15. The van der Waals surface area contributed by atoms with Crippen LogP contribution in [0.2, 0.25) is 0 Å². The lowest BCUT2D eigenvalue weighted by molar-refractivity contribution is -0.116. The van der Waals surface area contributed by atoms with Gasteiger partial charge in [0.15, 0.2) is 5.65 Å². The molecule has 0 bridgehead atoms. The standard InChI is InChI=1S/C21H20N6O/c1-12-8-15-4-5-18(28)25-19(15)17(9-12)26-7-6-22-20(26)16-11-23-27-14(3)10-13(2)24-21(16)27/h6-11H,4-5H2,1-3H3,(H,25,28). The van der Waals surface area contributed by atoms with Crippen LogP contribution in [-0.2, 0) is 11.2 Å². The number of aromatic nitrogens is 5. The van der Waals surface area contributed by atoms with E-state index in [2.05, 4.69) is 39.4 Å². The summed E-state index contributed by atoms with van der Waals surface area (Å²) in [6, 6.07) is 6.21. The number of carbonyl (C=O) groups excluding carboxylic acids is 1. The molecule has 1 aromatic carbocycles. The molecule has 3 aromatic heterocycles. The maximum absolute atomic E-state index is 12.0. The van der Waals surface area contributed by atoms with E-state index >= 15 is 0 Å². The Morgan fingerprint density at radius 3 is 2.82 bits per heavy atom. The molecule has 0 unspecified atom stereocenters. The van der Waals surface area contributed by atoms with Crippen molar-refractivity contribution in [1.29, 1.82) is 0 Å². The van der Waals surface area contributed by atoms with E-state index in [0.29, 0.717) is 6.42 Å². The molecule has 0 fully saturated rings. The molecule has 0 saturated heterocycles. The van der Waals surface area contributed by atoms with Crippen LogP contribution >= 0.6 is 0 Å². The van der Waals surface area contributed by atoms with Crippen LogP contribution in [0.3, 0.4) is 0 Å². The zero-order valence-corrected chi connectivity index (χ0v) is 16.0. The number of hydrogen-bond donors (Lipinski definition) is 1. The second-order valence-electron chi connectivity index (χ2n) is 7.32. The number of carbonyl (C=O) groups is 1.